The Morgan fingerprint density at radius 3 is 1.54 bits per heavy atom. The molecule has 0 aliphatic heterocycles. The number of hydrogen-bond acceptors (Lipinski definition) is 6. The third-order valence-electron chi connectivity index (χ3n) is 3.09. The Bertz CT molecular complexity index is 681. The summed E-state index contributed by atoms with van der Waals surface area (Å²) >= 11 is 0. The van der Waals surface area contributed by atoms with Crippen LogP contribution in [0.5, 0.6) is 0 Å². The van der Waals surface area contributed by atoms with Gasteiger partial charge in [-0.05, 0) is 38.1 Å². The fourth-order valence-corrected chi connectivity index (χ4v) is 1.77. The summed E-state index contributed by atoms with van der Waals surface area (Å²) in [6.45, 7) is 3.18. The number of carbonyl (C=O) groups excluding carboxylic acids is 2. The highest BCUT2D eigenvalue weighted by Gasteiger charge is 2.11. The molecule has 0 spiro atoms. The molecule has 2 heterocycles. The van der Waals surface area contributed by atoms with Crippen LogP contribution in [0, 0.1) is 0 Å². The predicted molar refractivity (Wildman–Crippen MR) is 92.0 cm³/mol. The van der Waals surface area contributed by atoms with Gasteiger partial charge in [0.25, 0.3) is 0 Å². The van der Waals surface area contributed by atoms with E-state index in [1.165, 1.54) is 0 Å². The van der Waals surface area contributed by atoms with Crippen molar-refractivity contribution in [1.82, 2.24) is 9.97 Å². The van der Waals surface area contributed by atoms with Gasteiger partial charge >= 0.3 is 0 Å². The fraction of sp³-hybridized carbons (Fsp3) is 0.250. The smallest absolute Gasteiger partial charge is 0.242 e. The van der Waals surface area contributed by atoms with E-state index in [0.29, 0.717) is 23.0 Å². The molecule has 8 heteroatoms. The number of amides is 2. The Morgan fingerprint density at radius 1 is 0.833 bits per heavy atom. The van der Waals surface area contributed by atoms with Gasteiger partial charge in [0.05, 0.1) is 23.5 Å². The van der Waals surface area contributed by atoms with E-state index in [1.807, 2.05) is 0 Å². The lowest BCUT2D eigenvalue weighted by Gasteiger charge is -2.10. The standard InChI is InChI=1S/C16H20N6O2/c1-9(17)15(23)21-13-7-3-5-11(19-13)12-6-4-8-14(20-12)22-16(24)10(2)18/h3-10H,17-18H2,1-2H3,(H,19,21,23)(H,20,22,24)/t9-,10-/m0/s1. The van der Waals surface area contributed by atoms with Crippen molar-refractivity contribution >= 4 is 23.5 Å². The quantitative estimate of drug-likeness (QED) is 0.638. The molecule has 0 saturated carbocycles. The van der Waals surface area contributed by atoms with Gasteiger partial charge in [-0.2, -0.15) is 0 Å². The van der Waals surface area contributed by atoms with Crippen LogP contribution in [-0.2, 0) is 9.59 Å². The summed E-state index contributed by atoms with van der Waals surface area (Å²) in [6, 6.07) is 9.04. The lowest BCUT2D eigenvalue weighted by atomic mass is 10.2. The van der Waals surface area contributed by atoms with E-state index in [-0.39, 0.29) is 11.8 Å². The molecule has 0 aliphatic carbocycles. The highest BCUT2D eigenvalue weighted by molar-refractivity contribution is 5.94. The average Bonchev–Trinajstić information content (AvgIpc) is 2.55. The first-order chi connectivity index (χ1) is 11.4. The molecule has 0 unspecified atom stereocenters. The molecule has 6 N–H and O–H groups in total. The van der Waals surface area contributed by atoms with Crippen LogP contribution in [0.15, 0.2) is 36.4 Å². The fourth-order valence-electron chi connectivity index (χ4n) is 1.77. The van der Waals surface area contributed by atoms with Crippen LogP contribution < -0.4 is 22.1 Å². The van der Waals surface area contributed by atoms with E-state index in [9.17, 15) is 9.59 Å². The van der Waals surface area contributed by atoms with Gasteiger partial charge in [-0.3, -0.25) is 9.59 Å². The van der Waals surface area contributed by atoms with Crippen LogP contribution in [0.25, 0.3) is 11.4 Å². The molecule has 24 heavy (non-hydrogen) atoms. The van der Waals surface area contributed by atoms with Gasteiger partial charge in [-0.15, -0.1) is 0 Å². The molecule has 2 rings (SSSR count). The maximum atomic E-state index is 11.6. The highest BCUT2D eigenvalue weighted by Crippen LogP contribution is 2.18. The summed E-state index contributed by atoms with van der Waals surface area (Å²) in [5, 5.41) is 5.25. The highest BCUT2D eigenvalue weighted by atomic mass is 16.2. The third-order valence-corrected chi connectivity index (χ3v) is 3.09. The molecule has 0 aliphatic rings. The van der Waals surface area contributed by atoms with Crippen molar-refractivity contribution < 1.29 is 9.59 Å². The van der Waals surface area contributed by atoms with Gasteiger partial charge in [-0.1, -0.05) is 12.1 Å². The van der Waals surface area contributed by atoms with Crippen LogP contribution in [0.1, 0.15) is 13.8 Å². The van der Waals surface area contributed by atoms with Crippen molar-refractivity contribution in [3.05, 3.63) is 36.4 Å². The molecule has 2 atom stereocenters. The summed E-state index contributed by atoms with van der Waals surface area (Å²) in [4.78, 5) is 32.0. The zero-order chi connectivity index (χ0) is 17.7. The van der Waals surface area contributed by atoms with E-state index in [4.69, 9.17) is 11.5 Å². The molecule has 8 nitrogen and oxygen atoms in total. The Kier molecular flexibility index (Phi) is 5.56. The number of rotatable bonds is 5. The number of aromatic nitrogens is 2. The zero-order valence-corrected chi connectivity index (χ0v) is 13.5. The number of nitrogens with two attached hydrogens (primary N) is 2. The maximum absolute atomic E-state index is 11.6. The SMILES string of the molecule is C[C@H](N)C(=O)Nc1cccc(-c2cccc(NC(=O)[C@H](C)N)n2)n1. The largest absolute Gasteiger partial charge is 0.320 e. The van der Waals surface area contributed by atoms with Crippen LogP contribution in [0.4, 0.5) is 11.6 Å². The maximum Gasteiger partial charge on any atom is 0.242 e. The first-order valence-electron chi connectivity index (χ1n) is 7.44. The van der Waals surface area contributed by atoms with E-state index >= 15 is 0 Å². The number of nitrogens with one attached hydrogen (secondary N) is 2. The van der Waals surface area contributed by atoms with Crippen molar-refractivity contribution in [1.29, 1.82) is 0 Å². The summed E-state index contributed by atoms with van der Waals surface area (Å²) in [7, 11) is 0. The molecule has 0 bridgehead atoms. The Morgan fingerprint density at radius 2 is 1.21 bits per heavy atom. The summed E-state index contributed by atoms with van der Waals surface area (Å²) in [6.07, 6.45) is 0. The second-order valence-corrected chi connectivity index (χ2v) is 5.37. The normalized spacial score (nSPS) is 13.0. The minimum atomic E-state index is -0.634. The number of pyridine rings is 2. The lowest BCUT2D eigenvalue weighted by Crippen LogP contribution is -2.32. The molecule has 0 saturated heterocycles. The van der Waals surface area contributed by atoms with Crippen molar-refractivity contribution in [2.75, 3.05) is 10.6 Å². The first-order valence-corrected chi connectivity index (χ1v) is 7.44. The number of nitrogens with zero attached hydrogens (tertiary/aromatic N) is 2. The average molecular weight is 328 g/mol. The van der Waals surface area contributed by atoms with Crippen molar-refractivity contribution in [3.8, 4) is 11.4 Å². The molecule has 0 fully saturated rings. The second kappa shape index (κ2) is 7.62. The second-order valence-electron chi connectivity index (χ2n) is 5.37. The van der Waals surface area contributed by atoms with Crippen molar-refractivity contribution in [3.63, 3.8) is 0 Å². The van der Waals surface area contributed by atoms with Crippen LogP contribution >= 0.6 is 0 Å². The number of carbonyl (C=O) groups is 2. The monoisotopic (exact) mass is 328 g/mol. The van der Waals surface area contributed by atoms with Crippen LogP contribution in [0.2, 0.25) is 0 Å². The minimum absolute atomic E-state index is 0.328. The number of anilines is 2. The van der Waals surface area contributed by atoms with Crippen LogP contribution in [-0.4, -0.2) is 33.9 Å². The number of hydrogen-bond donors (Lipinski definition) is 4. The van der Waals surface area contributed by atoms with Crippen molar-refractivity contribution in [2.24, 2.45) is 11.5 Å². The predicted octanol–water partition coefficient (Wildman–Crippen LogP) is 0.715. The van der Waals surface area contributed by atoms with Gasteiger partial charge in [0, 0.05) is 0 Å². The molecular weight excluding hydrogens is 308 g/mol. The zero-order valence-electron chi connectivity index (χ0n) is 13.5. The summed E-state index contributed by atoms with van der Waals surface area (Å²) in [5.41, 5.74) is 12.1. The van der Waals surface area contributed by atoms with E-state index in [2.05, 4.69) is 20.6 Å². The molecule has 126 valence electrons. The molecule has 2 aromatic rings. The Balaban J connectivity index is 2.22. The minimum Gasteiger partial charge on any atom is -0.320 e. The lowest BCUT2D eigenvalue weighted by molar-refractivity contribution is -0.117. The van der Waals surface area contributed by atoms with Gasteiger partial charge < -0.3 is 22.1 Å². The summed E-state index contributed by atoms with van der Waals surface area (Å²) < 4.78 is 0. The van der Waals surface area contributed by atoms with E-state index < -0.39 is 12.1 Å². The summed E-state index contributed by atoms with van der Waals surface area (Å²) in [5.74, 6) is 0.0966. The third kappa shape index (κ3) is 4.58. The van der Waals surface area contributed by atoms with E-state index in [0.717, 1.165) is 0 Å². The van der Waals surface area contributed by atoms with Crippen LogP contribution in [0.3, 0.4) is 0 Å². The topological polar surface area (TPSA) is 136 Å². The Labute approximate surface area is 139 Å². The van der Waals surface area contributed by atoms with Gasteiger partial charge in [-0.25, -0.2) is 9.97 Å². The van der Waals surface area contributed by atoms with E-state index in [1.54, 1.807) is 50.2 Å². The Hall–Kier alpha value is -2.84. The molecule has 0 radical (unpaired) electrons. The molecule has 0 aromatic carbocycles. The molecular formula is C16H20N6O2. The van der Waals surface area contributed by atoms with Gasteiger partial charge in [0.1, 0.15) is 11.6 Å². The molecule has 2 aromatic heterocycles. The van der Waals surface area contributed by atoms with Gasteiger partial charge in [0.15, 0.2) is 0 Å². The van der Waals surface area contributed by atoms with Gasteiger partial charge in [0.2, 0.25) is 11.8 Å². The first kappa shape index (κ1) is 17.5. The molecule has 2 amide bonds. The van der Waals surface area contributed by atoms with Crippen molar-refractivity contribution in [2.45, 2.75) is 25.9 Å².